The largest absolute Gasteiger partial charge is 0.507 e. The lowest BCUT2D eigenvalue weighted by atomic mass is 10.1. The van der Waals surface area contributed by atoms with E-state index in [2.05, 4.69) is 0 Å². The first kappa shape index (κ1) is 14.4. The van der Waals surface area contributed by atoms with Crippen LogP contribution in [0.3, 0.4) is 0 Å². The lowest BCUT2D eigenvalue weighted by Gasteiger charge is -2.12. The van der Waals surface area contributed by atoms with Crippen LogP contribution in [0.5, 0.6) is 11.5 Å². The van der Waals surface area contributed by atoms with Gasteiger partial charge in [-0.05, 0) is 43.7 Å². The van der Waals surface area contributed by atoms with E-state index in [1.807, 2.05) is 12.1 Å². The molecule has 3 nitrogen and oxygen atoms in total. The first-order valence-electron chi connectivity index (χ1n) is 6.20. The molecule has 0 spiro atoms. The summed E-state index contributed by atoms with van der Waals surface area (Å²) < 4.78 is 5.66. The number of carbonyl (C=O) groups is 1. The molecule has 104 valence electrons. The minimum Gasteiger partial charge on any atom is -0.507 e. The van der Waals surface area contributed by atoms with Crippen LogP contribution in [0.25, 0.3) is 0 Å². The molecule has 0 saturated heterocycles. The number of rotatable bonds is 4. The van der Waals surface area contributed by atoms with Crippen LogP contribution in [0.2, 0.25) is 5.02 Å². The first-order valence-corrected chi connectivity index (χ1v) is 6.57. The molecule has 0 fully saturated rings. The third-order valence-electron chi connectivity index (χ3n) is 3.07. The van der Waals surface area contributed by atoms with Crippen LogP contribution in [0.4, 0.5) is 0 Å². The summed E-state index contributed by atoms with van der Waals surface area (Å²) in [7, 11) is 0. The Kier molecular flexibility index (Phi) is 4.30. The van der Waals surface area contributed by atoms with Gasteiger partial charge in [-0.3, -0.25) is 4.79 Å². The Morgan fingerprint density at radius 1 is 1.20 bits per heavy atom. The number of ether oxygens (including phenoxy) is 1. The van der Waals surface area contributed by atoms with Gasteiger partial charge in [-0.1, -0.05) is 23.7 Å². The second-order valence-electron chi connectivity index (χ2n) is 4.56. The van der Waals surface area contributed by atoms with Crippen molar-refractivity contribution in [3.05, 3.63) is 58.1 Å². The van der Waals surface area contributed by atoms with Gasteiger partial charge in [0, 0.05) is 10.6 Å². The smallest absolute Gasteiger partial charge is 0.163 e. The molecule has 4 heteroatoms. The number of aromatic hydroxyl groups is 1. The second kappa shape index (κ2) is 5.97. The predicted octanol–water partition coefficient (Wildman–Crippen LogP) is 4.14. The van der Waals surface area contributed by atoms with Crippen LogP contribution in [0.15, 0.2) is 36.4 Å². The summed E-state index contributed by atoms with van der Waals surface area (Å²) in [6, 6.07) is 10.6. The zero-order chi connectivity index (χ0) is 14.7. The molecule has 0 heterocycles. The fourth-order valence-electron chi connectivity index (χ4n) is 1.86. The molecule has 0 unspecified atom stereocenters. The highest BCUT2D eigenvalue weighted by Crippen LogP contribution is 2.31. The minimum absolute atomic E-state index is 0.0221. The molecule has 2 rings (SSSR count). The fraction of sp³-hybridized carbons (Fsp3) is 0.188. The van der Waals surface area contributed by atoms with Crippen LogP contribution < -0.4 is 4.74 Å². The van der Waals surface area contributed by atoms with E-state index in [0.717, 1.165) is 5.56 Å². The summed E-state index contributed by atoms with van der Waals surface area (Å²) in [5.74, 6) is 0.364. The number of ketones is 1. The maximum Gasteiger partial charge on any atom is 0.163 e. The second-order valence-corrected chi connectivity index (χ2v) is 4.99. The van der Waals surface area contributed by atoms with Gasteiger partial charge in [0.15, 0.2) is 5.78 Å². The van der Waals surface area contributed by atoms with Crippen LogP contribution in [-0.4, -0.2) is 10.9 Å². The van der Waals surface area contributed by atoms with Crippen molar-refractivity contribution in [3.63, 3.8) is 0 Å². The lowest BCUT2D eigenvalue weighted by Crippen LogP contribution is -2.00. The zero-order valence-corrected chi connectivity index (χ0v) is 12.1. The molecule has 0 aliphatic carbocycles. The van der Waals surface area contributed by atoms with Crippen LogP contribution in [-0.2, 0) is 6.61 Å². The maximum atomic E-state index is 11.3. The molecule has 0 saturated carbocycles. The number of hydrogen-bond donors (Lipinski definition) is 1. The van der Waals surface area contributed by atoms with Gasteiger partial charge in [0.05, 0.1) is 5.56 Å². The van der Waals surface area contributed by atoms with Crippen molar-refractivity contribution in [2.75, 3.05) is 0 Å². The Balaban J connectivity index is 2.16. The maximum absolute atomic E-state index is 11.3. The number of benzene rings is 2. The highest BCUT2D eigenvalue weighted by atomic mass is 35.5. The highest BCUT2D eigenvalue weighted by molar-refractivity contribution is 6.30. The molecule has 0 bridgehead atoms. The Labute approximate surface area is 122 Å². The van der Waals surface area contributed by atoms with Gasteiger partial charge in [-0.25, -0.2) is 0 Å². The first-order chi connectivity index (χ1) is 9.49. The fourth-order valence-corrected chi connectivity index (χ4v) is 1.99. The van der Waals surface area contributed by atoms with E-state index in [-0.39, 0.29) is 11.5 Å². The number of halogens is 1. The Morgan fingerprint density at radius 3 is 2.45 bits per heavy atom. The third-order valence-corrected chi connectivity index (χ3v) is 3.32. The molecule has 2 aromatic rings. The molecular formula is C16H15ClO3. The monoisotopic (exact) mass is 290 g/mol. The van der Waals surface area contributed by atoms with Crippen molar-refractivity contribution >= 4 is 17.4 Å². The Morgan fingerprint density at radius 2 is 1.85 bits per heavy atom. The molecule has 0 radical (unpaired) electrons. The SMILES string of the molecule is CC(=O)c1ccc(OCc2ccc(Cl)cc2)c(C)c1O. The van der Waals surface area contributed by atoms with Crippen molar-refractivity contribution in [1.82, 2.24) is 0 Å². The van der Waals surface area contributed by atoms with Crippen molar-refractivity contribution in [2.45, 2.75) is 20.5 Å². The average Bonchev–Trinajstić information content (AvgIpc) is 2.42. The summed E-state index contributed by atoms with van der Waals surface area (Å²) in [6.07, 6.45) is 0. The van der Waals surface area contributed by atoms with Crippen molar-refractivity contribution in [1.29, 1.82) is 0 Å². The number of hydrogen-bond acceptors (Lipinski definition) is 3. The van der Waals surface area contributed by atoms with Crippen molar-refractivity contribution in [3.8, 4) is 11.5 Å². The number of Topliss-reactive ketones (excluding diaryl/α,β-unsaturated/α-hetero) is 1. The van der Waals surface area contributed by atoms with Gasteiger partial charge < -0.3 is 9.84 Å². The van der Waals surface area contributed by atoms with E-state index < -0.39 is 0 Å². The molecule has 1 N–H and O–H groups in total. The molecule has 0 atom stereocenters. The van der Waals surface area contributed by atoms with Crippen molar-refractivity contribution in [2.24, 2.45) is 0 Å². The van der Waals surface area contributed by atoms with Gasteiger partial charge in [-0.2, -0.15) is 0 Å². The molecule has 20 heavy (non-hydrogen) atoms. The lowest BCUT2D eigenvalue weighted by molar-refractivity contribution is 0.101. The van der Waals surface area contributed by atoms with E-state index in [1.165, 1.54) is 6.92 Å². The number of phenolic OH excluding ortho intramolecular Hbond substituents is 1. The van der Waals surface area contributed by atoms with Crippen LogP contribution in [0.1, 0.15) is 28.4 Å². The topological polar surface area (TPSA) is 46.5 Å². The highest BCUT2D eigenvalue weighted by Gasteiger charge is 2.12. The average molecular weight is 291 g/mol. The van der Waals surface area contributed by atoms with E-state index in [1.54, 1.807) is 31.2 Å². The normalized spacial score (nSPS) is 10.3. The summed E-state index contributed by atoms with van der Waals surface area (Å²) in [5, 5.41) is 10.6. The third kappa shape index (κ3) is 3.11. The standard InChI is InChI=1S/C16H15ClO3/c1-10-15(8-7-14(11(2)18)16(10)19)20-9-12-3-5-13(17)6-4-12/h3-8,19H,9H2,1-2H3. The van der Waals surface area contributed by atoms with Gasteiger partial charge in [0.25, 0.3) is 0 Å². The quantitative estimate of drug-likeness (QED) is 0.861. The van der Waals surface area contributed by atoms with Crippen molar-refractivity contribution < 1.29 is 14.6 Å². The summed E-state index contributed by atoms with van der Waals surface area (Å²) in [5.41, 5.74) is 1.84. The zero-order valence-electron chi connectivity index (χ0n) is 11.3. The molecular weight excluding hydrogens is 276 g/mol. The van der Waals surface area contributed by atoms with Gasteiger partial charge in [0.1, 0.15) is 18.1 Å². The summed E-state index contributed by atoms with van der Waals surface area (Å²) in [6.45, 7) is 3.51. The van der Waals surface area contributed by atoms with Gasteiger partial charge >= 0.3 is 0 Å². The minimum atomic E-state index is -0.171. The molecule has 0 aliphatic rings. The Bertz CT molecular complexity index is 633. The molecule has 0 aliphatic heterocycles. The van der Waals surface area contributed by atoms with Crippen LogP contribution >= 0.6 is 11.6 Å². The molecule has 0 aromatic heterocycles. The summed E-state index contributed by atoms with van der Waals surface area (Å²) >= 11 is 5.82. The van der Waals surface area contributed by atoms with E-state index in [4.69, 9.17) is 16.3 Å². The number of phenols is 1. The predicted molar refractivity (Wildman–Crippen MR) is 78.6 cm³/mol. The molecule has 2 aromatic carbocycles. The summed E-state index contributed by atoms with van der Waals surface area (Å²) in [4.78, 5) is 11.3. The molecule has 0 amide bonds. The van der Waals surface area contributed by atoms with Gasteiger partial charge in [-0.15, -0.1) is 0 Å². The van der Waals surface area contributed by atoms with E-state index >= 15 is 0 Å². The number of carbonyl (C=O) groups excluding carboxylic acids is 1. The van der Waals surface area contributed by atoms with Gasteiger partial charge in [0.2, 0.25) is 0 Å². The van der Waals surface area contributed by atoms with E-state index in [9.17, 15) is 9.90 Å². The Hall–Kier alpha value is -2.00. The van der Waals surface area contributed by atoms with E-state index in [0.29, 0.717) is 28.5 Å². The van der Waals surface area contributed by atoms with Crippen LogP contribution in [0, 0.1) is 6.92 Å².